The predicted molar refractivity (Wildman–Crippen MR) is 68.1 cm³/mol. The second-order valence-corrected chi connectivity index (χ2v) is 5.67. The van der Waals surface area contributed by atoms with Gasteiger partial charge in [0, 0.05) is 16.6 Å². The third-order valence-corrected chi connectivity index (χ3v) is 4.16. The summed E-state index contributed by atoms with van der Waals surface area (Å²) in [5, 5.41) is 0. The van der Waals surface area contributed by atoms with Gasteiger partial charge in [-0.05, 0) is 18.1 Å². The Morgan fingerprint density at radius 1 is 1.41 bits per heavy atom. The molecule has 0 N–H and O–H groups in total. The molecule has 0 aliphatic rings. The Balaban J connectivity index is 2.61. The van der Waals surface area contributed by atoms with Crippen LogP contribution in [0.5, 0.6) is 0 Å². The van der Waals surface area contributed by atoms with Gasteiger partial charge in [-0.15, -0.1) is 0 Å². The van der Waals surface area contributed by atoms with Crippen molar-refractivity contribution in [2.24, 2.45) is 5.92 Å². The van der Waals surface area contributed by atoms with Gasteiger partial charge in [-0.2, -0.15) is 0 Å². The number of hydrogen-bond donors (Lipinski definition) is 0. The molecule has 1 rings (SSSR count). The summed E-state index contributed by atoms with van der Waals surface area (Å²) in [5.41, 5.74) is 0.0324. The molecule has 0 fully saturated rings. The van der Waals surface area contributed by atoms with Crippen molar-refractivity contribution in [2.75, 3.05) is 11.5 Å². The number of hydrogen-bond acceptors (Lipinski definition) is 2. The molecule has 0 amide bonds. The predicted octanol–water partition coefficient (Wildman–Crippen LogP) is 2.80. The molecule has 0 heterocycles. The average molecular weight is 256 g/mol. The normalized spacial score (nSPS) is 14.3. The third-order valence-electron chi connectivity index (χ3n) is 2.63. The van der Waals surface area contributed by atoms with Crippen LogP contribution in [0.15, 0.2) is 24.3 Å². The fourth-order valence-electron chi connectivity index (χ4n) is 1.41. The van der Waals surface area contributed by atoms with Crippen LogP contribution in [0.25, 0.3) is 0 Å². The van der Waals surface area contributed by atoms with E-state index < -0.39 is 16.6 Å². The Labute approximate surface area is 104 Å². The first-order chi connectivity index (χ1) is 8.04. The third kappa shape index (κ3) is 4.38. The Bertz CT molecular complexity index is 418. The summed E-state index contributed by atoms with van der Waals surface area (Å²) in [7, 11) is -1.21. The molecule has 4 heteroatoms. The maximum Gasteiger partial charge on any atom is 0.178 e. The van der Waals surface area contributed by atoms with Gasteiger partial charge in [0.1, 0.15) is 5.82 Å². The lowest BCUT2D eigenvalue weighted by Crippen LogP contribution is -2.17. The smallest absolute Gasteiger partial charge is 0.178 e. The average Bonchev–Trinajstić information content (AvgIpc) is 2.29. The molecule has 0 saturated carbocycles. The van der Waals surface area contributed by atoms with E-state index in [-0.39, 0.29) is 17.1 Å². The van der Waals surface area contributed by atoms with E-state index in [1.807, 2.05) is 13.8 Å². The lowest BCUT2D eigenvalue weighted by molar-refractivity contribution is 0.101. The number of carbonyl (C=O) groups is 1. The van der Waals surface area contributed by atoms with Gasteiger partial charge in [0.2, 0.25) is 0 Å². The zero-order valence-corrected chi connectivity index (χ0v) is 10.9. The van der Waals surface area contributed by atoms with Crippen molar-refractivity contribution in [3.63, 3.8) is 0 Å². The van der Waals surface area contributed by atoms with Gasteiger partial charge in [0.05, 0.1) is 11.3 Å². The summed E-state index contributed by atoms with van der Waals surface area (Å²) in [5.74, 6) is -0.200. The SMILES string of the molecule is CCC(C)CS(=O)CC(=O)c1ccccc1F. The molecule has 2 atom stereocenters. The van der Waals surface area contributed by atoms with E-state index >= 15 is 0 Å². The molecular formula is C13H17FO2S. The van der Waals surface area contributed by atoms with Crippen LogP contribution in [0.1, 0.15) is 30.6 Å². The van der Waals surface area contributed by atoms with Crippen LogP contribution < -0.4 is 0 Å². The van der Waals surface area contributed by atoms with Crippen molar-refractivity contribution >= 4 is 16.6 Å². The molecule has 94 valence electrons. The van der Waals surface area contributed by atoms with E-state index in [0.29, 0.717) is 11.7 Å². The Kier molecular flexibility index (Phi) is 5.48. The fraction of sp³-hybridized carbons (Fsp3) is 0.462. The Morgan fingerprint density at radius 3 is 2.65 bits per heavy atom. The molecule has 17 heavy (non-hydrogen) atoms. The molecule has 0 spiro atoms. The van der Waals surface area contributed by atoms with E-state index in [2.05, 4.69) is 0 Å². The standard InChI is InChI=1S/C13H17FO2S/c1-3-10(2)8-17(16)9-13(15)11-6-4-5-7-12(11)14/h4-7,10H,3,8-9H2,1-2H3. The largest absolute Gasteiger partial charge is 0.293 e. The van der Waals surface area contributed by atoms with Crippen molar-refractivity contribution in [2.45, 2.75) is 20.3 Å². The highest BCUT2D eigenvalue weighted by Gasteiger charge is 2.15. The highest BCUT2D eigenvalue weighted by molar-refractivity contribution is 7.85. The minimum Gasteiger partial charge on any atom is -0.293 e. The molecule has 0 aliphatic carbocycles. The molecular weight excluding hydrogens is 239 g/mol. The summed E-state index contributed by atoms with van der Waals surface area (Å²) >= 11 is 0. The van der Waals surface area contributed by atoms with Crippen LogP contribution >= 0.6 is 0 Å². The summed E-state index contributed by atoms with van der Waals surface area (Å²) in [6, 6.07) is 5.80. The van der Waals surface area contributed by atoms with Crippen LogP contribution in [0.3, 0.4) is 0 Å². The molecule has 1 aromatic carbocycles. The van der Waals surface area contributed by atoms with Gasteiger partial charge < -0.3 is 0 Å². The minimum absolute atomic E-state index is 0.0324. The lowest BCUT2D eigenvalue weighted by atomic mass is 10.1. The molecule has 0 aliphatic heterocycles. The number of halogens is 1. The van der Waals surface area contributed by atoms with E-state index in [1.54, 1.807) is 6.07 Å². The van der Waals surface area contributed by atoms with Crippen molar-refractivity contribution in [1.82, 2.24) is 0 Å². The van der Waals surface area contributed by atoms with Crippen molar-refractivity contribution < 1.29 is 13.4 Å². The summed E-state index contributed by atoms with van der Waals surface area (Å²) in [6.45, 7) is 4.01. The zero-order chi connectivity index (χ0) is 12.8. The number of rotatable bonds is 6. The quantitative estimate of drug-likeness (QED) is 0.733. The molecule has 0 aromatic heterocycles. The first kappa shape index (κ1) is 14.0. The van der Waals surface area contributed by atoms with Crippen molar-refractivity contribution in [1.29, 1.82) is 0 Å². The highest BCUT2D eigenvalue weighted by Crippen LogP contribution is 2.09. The summed E-state index contributed by atoms with van der Waals surface area (Å²) in [6.07, 6.45) is 0.930. The lowest BCUT2D eigenvalue weighted by Gasteiger charge is -2.07. The molecule has 0 saturated heterocycles. The minimum atomic E-state index is -1.21. The number of ketones is 1. The monoisotopic (exact) mass is 256 g/mol. The van der Waals surface area contributed by atoms with Crippen molar-refractivity contribution in [3.8, 4) is 0 Å². The first-order valence-corrected chi connectivity index (χ1v) is 7.16. The van der Waals surface area contributed by atoms with Gasteiger partial charge in [0.25, 0.3) is 0 Å². The zero-order valence-electron chi connectivity index (χ0n) is 10.1. The van der Waals surface area contributed by atoms with Gasteiger partial charge in [-0.25, -0.2) is 4.39 Å². The van der Waals surface area contributed by atoms with E-state index in [1.165, 1.54) is 18.2 Å². The first-order valence-electron chi connectivity index (χ1n) is 5.67. The van der Waals surface area contributed by atoms with E-state index in [4.69, 9.17) is 0 Å². The molecule has 0 radical (unpaired) electrons. The molecule has 1 aromatic rings. The molecule has 0 bridgehead atoms. The fourth-order valence-corrected chi connectivity index (χ4v) is 2.84. The van der Waals surface area contributed by atoms with Crippen molar-refractivity contribution in [3.05, 3.63) is 35.6 Å². The Hall–Kier alpha value is -1.03. The Morgan fingerprint density at radius 2 is 2.06 bits per heavy atom. The second kappa shape index (κ2) is 6.64. The topological polar surface area (TPSA) is 34.1 Å². The van der Waals surface area contributed by atoms with Crippen LogP contribution in [-0.2, 0) is 10.8 Å². The molecule has 2 unspecified atom stereocenters. The number of Topliss-reactive ketones (excluding diaryl/α,β-unsaturated/α-hetero) is 1. The molecule has 2 nitrogen and oxygen atoms in total. The van der Waals surface area contributed by atoms with Gasteiger partial charge in [-0.3, -0.25) is 9.00 Å². The van der Waals surface area contributed by atoms with Gasteiger partial charge in [0.15, 0.2) is 5.78 Å². The second-order valence-electron chi connectivity index (χ2n) is 4.17. The van der Waals surface area contributed by atoms with Crippen LogP contribution in [-0.4, -0.2) is 21.5 Å². The maximum absolute atomic E-state index is 13.3. The van der Waals surface area contributed by atoms with E-state index in [9.17, 15) is 13.4 Å². The maximum atomic E-state index is 13.3. The van der Waals surface area contributed by atoms with Crippen LogP contribution in [0.4, 0.5) is 4.39 Å². The summed E-state index contributed by atoms with van der Waals surface area (Å²) < 4.78 is 25.0. The summed E-state index contributed by atoms with van der Waals surface area (Å²) in [4.78, 5) is 11.7. The number of benzene rings is 1. The van der Waals surface area contributed by atoms with E-state index in [0.717, 1.165) is 6.42 Å². The van der Waals surface area contributed by atoms with Gasteiger partial charge in [-0.1, -0.05) is 32.4 Å². The van der Waals surface area contributed by atoms with Crippen LogP contribution in [0, 0.1) is 11.7 Å². The van der Waals surface area contributed by atoms with Crippen LogP contribution in [0.2, 0.25) is 0 Å². The number of carbonyl (C=O) groups excluding carboxylic acids is 1. The van der Waals surface area contributed by atoms with Gasteiger partial charge >= 0.3 is 0 Å². The highest BCUT2D eigenvalue weighted by atomic mass is 32.2.